The number of ether oxygens (including phenoxy) is 5. The van der Waals surface area contributed by atoms with Gasteiger partial charge in [0, 0.05) is 38.8 Å². The first-order valence-electron chi connectivity index (χ1n) is 16.8. The maximum absolute atomic E-state index is 16.1. The summed E-state index contributed by atoms with van der Waals surface area (Å²) in [6.07, 6.45) is -6.35. The highest BCUT2D eigenvalue weighted by atomic mass is 28.3. The van der Waals surface area contributed by atoms with Gasteiger partial charge < -0.3 is 28.8 Å². The van der Waals surface area contributed by atoms with Gasteiger partial charge in [-0.05, 0) is 34.3 Å². The Labute approximate surface area is 295 Å². The molecule has 2 aromatic carbocycles. The third-order valence-electron chi connectivity index (χ3n) is 9.21. The average molecular weight is 713 g/mol. The van der Waals surface area contributed by atoms with Gasteiger partial charge >= 0.3 is 23.9 Å². The summed E-state index contributed by atoms with van der Waals surface area (Å²) < 4.78 is 43.9. The van der Waals surface area contributed by atoms with Gasteiger partial charge in [0.15, 0.2) is 12.2 Å². The van der Waals surface area contributed by atoms with Gasteiger partial charge in [-0.15, -0.1) is 5.54 Å². The predicted molar refractivity (Wildman–Crippen MR) is 186 cm³/mol. The molecular weight excluding hydrogens is 663 g/mol. The predicted octanol–water partition coefficient (Wildman–Crippen LogP) is 6.08. The molecule has 2 aromatic rings. The third kappa shape index (κ3) is 8.99. The molecule has 1 unspecified atom stereocenters. The fraction of sp³-hybridized carbons (Fsp3) is 0.526. The maximum atomic E-state index is 16.1. The molecule has 0 bridgehead atoms. The molecule has 3 rings (SSSR count). The molecule has 1 heterocycles. The van der Waals surface area contributed by atoms with Crippen molar-refractivity contribution in [3.63, 3.8) is 0 Å². The summed E-state index contributed by atoms with van der Waals surface area (Å²) in [5.74, 6) is -3.84. The molecule has 272 valence electrons. The van der Waals surface area contributed by atoms with E-state index < -0.39 is 80.5 Å². The van der Waals surface area contributed by atoms with Gasteiger partial charge in [0.2, 0.25) is 11.9 Å². The van der Waals surface area contributed by atoms with Crippen LogP contribution in [0.1, 0.15) is 91.8 Å². The van der Waals surface area contributed by atoms with Crippen molar-refractivity contribution >= 4 is 32.0 Å². The van der Waals surface area contributed by atoms with Crippen LogP contribution in [0.2, 0.25) is 16.6 Å². The second-order valence-electron chi connectivity index (χ2n) is 13.6. The van der Waals surface area contributed by atoms with E-state index in [9.17, 15) is 24.3 Å². The largest absolute Gasteiger partial charge is 0.463 e. The van der Waals surface area contributed by atoms with Crippen LogP contribution in [-0.4, -0.2) is 68.1 Å². The van der Waals surface area contributed by atoms with Crippen LogP contribution >= 0.6 is 0 Å². The van der Waals surface area contributed by atoms with Gasteiger partial charge in [0.05, 0.1) is 5.92 Å². The Bertz CT molecular complexity index is 1580. The molecule has 50 heavy (non-hydrogen) atoms. The van der Waals surface area contributed by atoms with E-state index in [0.29, 0.717) is 22.2 Å². The van der Waals surface area contributed by atoms with Gasteiger partial charge in [0.25, 0.3) is 0 Å². The molecule has 1 saturated heterocycles. The minimum absolute atomic E-state index is 0.0748. The van der Waals surface area contributed by atoms with E-state index >= 15 is 4.39 Å². The highest BCUT2D eigenvalue weighted by molar-refractivity contribution is 6.90. The summed E-state index contributed by atoms with van der Waals surface area (Å²) in [7, 11) is -2.28. The molecule has 1 aliphatic rings. The van der Waals surface area contributed by atoms with E-state index in [1.807, 2.05) is 30.3 Å². The van der Waals surface area contributed by atoms with E-state index in [-0.39, 0.29) is 11.1 Å². The zero-order valence-electron chi connectivity index (χ0n) is 30.4. The second-order valence-corrected chi connectivity index (χ2v) is 19.2. The van der Waals surface area contributed by atoms with Crippen LogP contribution in [0.5, 0.6) is 0 Å². The number of halogens is 1. The first kappa shape index (κ1) is 40.4. The monoisotopic (exact) mass is 712 g/mol. The normalized spacial score (nSPS) is 22.7. The summed E-state index contributed by atoms with van der Waals surface area (Å²) in [6, 6.07) is 13.0. The van der Waals surface area contributed by atoms with Crippen LogP contribution < -0.4 is 0 Å². The van der Waals surface area contributed by atoms with Crippen molar-refractivity contribution in [2.75, 3.05) is 6.61 Å². The first-order chi connectivity index (χ1) is 23.3. The average Bonchev–Trinajstić information content (AvgIpc) is 3.01. The SMILES string of the molecule is CC(=O)OC[C@H]1O[C@](O)(c2ccc(F)c(C(C#C[Si](C(C)C)(C(C)C)C(C)C)c3ccccc3)c2)[C@H](OC(C)=O)[C@@H](OC(C)=O)[C@@H]1OC(C)=O. The summed E-state index contributed by atoms with van der Waals surface area (Å²) >= 11 is 0. The number of benzene rings is 2. The number of aliphatic hydroxyl groups is 1. The van der Waals surface area contributed by atoms with Crippen LogP contribution in [0, 0.1) is 17.3 Å². The van der Waals surface area contributed by atoms with Crippen molar-refractivity contribution in [1.82, 2.24) is 0 Å². The van der Waals surface area contributed by atoms with Crippen LogP contribution in [0.15, 0.2) is 48.5 Å². The number of carbonyl (C=O) groups is 4. The Kier molecular flexibility index (Phi) is 13.5. The Morgan fingerprint density at radius 2 is 1.36 bits per heavy atom. The van der Waals surface area contributed by atoms with Crippen molar-refractivity contribution in [3.05, 3.63) is 71.0 Å². The third-order valence-corrected chi connectivity index (χ3v) is 15.5. The molecule has 0 radical (unpaired) electrons. The fourth-order valence-corrected chi connectivity index (χ4v) is 12.4. The molecule has 1 N–H and O–H groups in total. The van der Waals surface area contributed by atoms with Crippen LogP contribution in [0.4, 0.5) is 4.39 Å². The van der Waals surface area contributed by atoms with E-state index in [0.717, 1.165) is 33.8 Å². The van der Waals surface area contributed by atoms with Crippen molar-refractivity contribution in [2.45, 2.75) is 122 Å². The van der Waals surface area contributed by atoms with Gasteiger partial charge in [-0.1, -0.05) is 83.9 Å². The quantitative estimate of drug-likeness (QED) is 0.126. The highest BCUT2D eigenvalue weighted by Gasteiger charge is 2.60. The number of carbonyl (C=O) groups excluding carboxylic acids is 4. The summed E-state index contributed by atoms with van der Waals surface area (Å²) in [6.45, 7) is 16.9. The highest BCUT2D eigenvalue weighted by Crippen LogP contribution is 2.44. The summed E-state index contributed by atoms with van der Waals surface area (Å²) in [4.78, 5) is 48.8. The lowest BCUT2D eigenvalue weighted by molar-refractivity contribution is -0.360. The van der Waals surface area contributed by atoms with Crippen molar-refractivity contribution in [3.8, 4) is 11.5 Å². The molecule has 1 aliphatic heterocycles. The molecule has 1 fully saturated rings. The van der Waals surface area contributed by atoms with E-state index in [4.69, 9.17) is 23.7 Å². The molecule has 0 amide bonds. The molecule has 6 atom stereocenters. The second kappa shape index (κ2) is 16.8. The molecule has 0 spiro atoms. The standard InChI is InChI=1S/C38H49FO10Si/c1-22(2)50(23(3)4,24(5)6)19-18-31(29-14-12-11-13-15-29)32-20-30(16-17-33(32)39)38(44)37(48-28(10)43)36(47-27(9)42)35(46-26(8)41)34(49-38)21-45-25(7)40/h11-17,20,22-24,31,34-37,44H,21H2,1-10H3/t31?,34-,35-,36+,37-,38-/m1/s1. The maximum Gasteiger partial charge on any atom is 0.303 e. The van der Waals surface area contributed by atoms with Gasteiger partial charge in [0.1, 0.15) is 26.6 Å². The lowest BCUT2D eigenvalue weighted by Gasteiger charge is -2.48. The summed E-state index contributed by atoms with van der Waals surface area (Å²) in [5.41, 5.74) is 5.36. The van der Waals surface area contributed by atoms with Gasteiger partial charge in [-0.2, -0.15) is 0 Å². The first-order valence-corrected chi connectivity index (χ1v) is 19.0. The zero-order chi connectivity index (χ0) is 37.6. The minimum atomic E-state index is -2.63. The molecule has 0 aliphatic carbocycles. The number of hydrogen-bond acceptors (Lipinski definition) is 10. The Balaban J connectivity index is 2.34. The van der Waals surface area contributed by atoms with E-state index in [1.165, 1.54) is 12.1 Å². The van der Waals surface area contributed by atoms with Crippen molar-refractivity contribution in [2.24, 2.45) is 0 Å². The molecule has 0 aromatic heterocycles. The van der Waals surface area contributed by atoms with Crippen LogP contribution in [0.25, 0.3) is 0 Å². The van der Waals surface area contributed by atoms with Gasteiger partial charge in [-0.3, -0.25) is 19.2 Å². The lowest BCUT2D eigenvalue weighted by atomic mass is 9.84. The Morgan fingerprint density at radius 1 is 0.820 bits per heavy atom. The number of rotatable bonds is 11. The zero-order valence-corrected chi connectivity index (χ0v) is 31.4. The lowest BCUT2D eigenvalue weighted by Crippen LogP contribution is -2.66. The molecule has 12 heteroatoms. The smallest absolute Gasteiger partial charge is 0.303 e. The van der Waals surface area contributed by atoms with Crippen molar-refractivity contribution < 1.29 is 52.4 Å². The Hall–Kier alpha value is -4.05. The topological polar surface area (TPSA) is 135 Å². The molecule has 10 nitrogen and oxygen atoms in total. The molecule has 0 saturated carbocycles. The van der Waals surface area contributed by atoms with Crippen LogP contribution in [0.3, 0.4) is 0 Å². The van der Waals surface area contributed by atoms with Crippen molar-refractivity contribution in [1.29, 1.82) is 0 Å². The van der Waals surface area contributed by atoms with E-state index in [1.54, 1.807) is 0 Å². The van der Waals surface area contributed by atoms with Crippen LogP contribution in [-0.2, 0) is 48.6 Å². The number of hydrogen-bond donors (Lipinski definition) is 1. The summed E-state index contributed by atoms with van der Waals surface area (Å²) in [5, 5.41) is 12.4. The Morgan fingerprint density at radius 3 is 1.86 bits per heavy atom. The minimum Gasteiger partial charge on any atom is -0.463 e. The van der Waals surface area contributed by atoms with Gasteiger partial charge in [-0.25, -0.2) is 4.39 Å². The fourth-order valence-electron chi connectivity index (χ4n) is 7.12. The van der Waals surface area contributed by atoms with E-state index in [2.05, 4.69) is 53.0 Å². The number of esters is 4. The molecular formula is C38H49FO10Si.